The van der Waals surface area contributed by atoms with Crippen LogP contribution in [0.1, 0.15) is 40.9 Å². The van der Waals surface area contributed by atoms with Gasteiger partial charge in [0.25, 0.3) is 0 Å². The normalized spacial score (nSPS) is 19.0. The first-order chi connectivity index (χ1) is 13.3. The van der Waals surface area contributed by atoms with Crippen LogP contribution in [0.4, 0.5) is 0 Å². The molecule has 0 radical (unpaired) electrons. The first-order valence-electron chi connectivity index (χ1n) is 9.51. The third-order valence-electron chi connectivity index (χ3n) is 5.40. The van der Waals surface area contributed by atoms with Gasteiger partial charge in [-0.25, -0.2) is 4.79 Å². The summed E-state index contributed by atoms with van der Waals surface area (Å²) < 4.78 is 7.14. The number of hydrogen-bond donors (Lipinski definition) is 2. The van der Waals surface area contributed by atoms with E-state index in [9.17, 15) is 14.7 Å². The Morgan fingerprint density at radius 2 is 1.96 bits per heavy atom. The average molecular weight is 385 g/mol. The molecule has 1 aliphatic heterocycles. The molecule has 1 aromatic heterocycles. The van der Waals surface area contributed by atoms with Gasteiger partial charge >= 0.3 is 5.97 Å². The van der Waals surface area contributed by atoms with Crippen LogP contribution in [0.25, 0.3) is 0 Å². The van der Waals surface area contributed by atoms with Gasteiger partial charge in [-0.15, -0.1) is 0 Å². The van der Waals surface area contributed by atoms with Gasteiger partial charge in [0.1, 0.15) is 0 Å². The molecule has 7 heteroatoms. The van der Waals surface area contributed by atoms with Crippen molar-refractivity contribution in [2.45, 2.75) is 52.1 Å². The number of carboxylic acid groups (broad SMARTS) is 1. The molecule has 7 nitrogen and oxygen atoms in total. The Morgan fingerprint density at radius 1 is 1.25 bits per heavy atom. The Labute approximate surface area is 164 Å². The standard InChI is InChI=1S/C21H27N3O4/c1-14-4-6-17(7-5-14)12-24-16(3)18(15(2)23-24)8-9-19(25)22-21(20(26)27)10-11-28-13-21/h4-7H,8-13H2,1-3H3,(H,22,25)(H,26,27). The van der Waals surface area contributed by atoms with Crippen molar-refractivity contribution in [1.29, 1.82) is 0 Å². The molecule has 2 N–H and O–H groups in total. The number of amides is 1. The van der Waals surface area contributed by atoms with Crippen LogP contribution in [0.5, 0.6) is 0 Å². The van der Waals surface area contributed by atoms with Crippen molar-refractivity contribution in [3.8, 4) is 0 Å². The zero-order chi connectivity index (χ0) is 20.3. The van der Waals surface area contributed by atoms with E-state index >= 15 is 0 Å². The largest absolute Gasteiger partial charge is 0.479 e. The molecule has 1 saturated heterocycles. The van der Waals surface area contributed by atoms with E-state index in [4.69, 9.17) is 4.74 Å². The number of ether oxygens (including phenoxy) is 1. The molecule has 1 aromatic carbocycles. The molecule has 28 heavy (non-hydrogen) atoms. The van der Waals surface area contributed by atoms with Gasteiger partial charge in [0.2, 0.25) is 5.91 Å². The summed E-state index contributed by atoms with van der Waals surface area (Å²) in [5.74, 6) is -1.32. The van der Waals surface area contributed by atoms with Gasteiger partial charge in [-0.05, 0) is 38.3 Å². The molecule has 1 amide bonds. The van der Waals surface area contributed by atoms with E-state index in [1.807, 2.05) is 18.5 Å². The lowest BCUT2D eigenvalue weighted by atomic mass is 9.98. The number of hydrogen-bond acceptors (Lipinski definition) is 4. The lowest BCUT2D eigenvalue weighted by Gasteiger charge is -2.23. The van der Waals surface area contributed by atoms with Crippen molar-refractivity contribution in [2.24, 2.45) is 0 Å². The molecule has 2 heterocycles. The SMILES string of the molecule is Cc1ccc(Cn2nc(C)c(CCC(=O)NC3(C(=O)O)CCOC3)c2C)cc1. The number of benzene rings is 1. The number of aryl methyl sites for hydroxylation is 2. The second kappa shape index (κ2) is 8.14. The highest BCUT2D eigenvalue weighted by atomic mass is 16.5. The van der Waals surface area contributed by atoms with E-state index in [2.05, 4.69) is 41.6 Å². The Morgan fingerprint density at radius 3 is 2.57 bits per heavy atom. The van der Waals surface area contributed by atoms with Crippen LogP contribution in [0, 0.1) is 20.8 Å². The van der Waals surface area contributed by atoms with Crippen LogP contribution in [0.3, 0.4) is 0 Å². The minimum Gasteiger partial charge on any atom is -0.479 e. The molecule has 1 atom stereocenters. The molecule has 1 aliphatic rings. The van der Waals surface area contributed by atoms with E-state index in [0.29, 0.717) is 26.0 Å². The Bertz CT molecular complexity index is 865. The fourth-order valence-electron chi connectivity index (χ4n) is 3.57. The van der Waals surface area contributed by atoms with Gasteiger partial charge < -0.3 is 15.2 Å². The quantitative estimate of drug-likeness (QED) is 0.762. The van der Waals surface area contributed by atoms with Crippen LogP contribution >= 0.6 is 0 Å². The fourth-order valence-corrected chi connectivity index (χ4v) is 3.57. The van der Waals surface area contributed by atoms with E-state index in [1.165, 1.54) is 11.1 Å². The molecule has 0 saturated carbocycles. The van der Waals surface area contributed by atoms with Crippen LogP contribution in [0.2, 0.25) is 0 Å². The second-order valence-electron chi connectivity index (χ2n) is 7.53. The summed E-state index contributed by atoms with van der Waals surface area (Å²) in [6.45, 7) is 7.04. The van der Waals surface area contributed by atoms with Crippen molar-refractivity contribution >= 4 is 11.9 Å². The van der Waals surface area contributed by atoms with Gasteiger partial charge in [0, 0.05) is 25.1 Å². The molecule has 0 bridgehead atoms. The number of nitrogens with zero attached hydrogens (tertiary/aromatic N) is 2. The highest BCUT2D eigenvalue weighted by Gasteiger charge is 2.43. The summed E-state index contributed by atoms with van der Waals surface area (Å²) in [6.07, 6.45) is 1.03. The van der Waals surface area contributed by atoms with Gasteiger partial charge in [-0.1, -0.05) is 29.8 Å². The van der Waals surface area contributed by atoms with Crippen LogP contribution < -0.4 is 5.32 Å². The summed E-state index contributed by atoms with van der Waals surface area (Å²) in [7, 11) is 0. The number of aliphatic carboxylic acids is 1. The molecular formula is C21H27N3O4. The molecule has 0 aliphatic carbocycles. The highest BCUT2D eigenvalue weighted by Crippen LogP contribution is 2.20. The van der Waals surface area contributed by atoms with Gasteiger partial charge in [0.05, 0.1) is 18.8 Å². The molecule has 0 spiro atoms. The van der Waals surface area contributed by atoms with Crippen LogP contribution in [-0.2, 0) is 27.3 Å². The number of nitrogens with one attached hydrogen (secondary N) is 1. The minimum atomic E-state index is -1.29. The van der Waals surface area contributed by atoms with Crippen molar-refractivity contribution < 1.29 is 19.4 Å². The smallest absolute Gasteiger partial charge is 0.331 e. The molecule has 1 unspecified atom stereocenters. The van der Waals surface area contributed by atoms with Crippen LogP contribution in [-0.4, -0.2) is 45.5 Å². The van der Waals surface area contributed by atoms with Crippen LogP contribution in [0.15, 0.2) is 24.3 Å². The maximum absolute atomic E-state index is 12.4. The molecule has 2 aromatic rings. The molecule has 3 rings (SSSR count). The van der Waals surface area contributed by atoms with Crippen molar-refractivity contribution in [1.82, 2.24) is 15.1 Å². The maximum atomic E-state index is 12.4. The van der Waals surface area contributed by atoms with E-state index in [-0.39, 0.29) is 18.9 Å². The fraction of sp³-hybridized carbons (Fsp3) is 0.476. The minimum absolute atomic E-state index is 0.0145. The summed E-state index contributed by atoms with van der Waals surface area (Å²) >= 11 is 0. The Balaban J connectivity index is 1.64. The monoisotopic (exact) mass is 385 g/mol. The summed E-state index contributed by atoms with van der Waals surface area (Å²) in [5.41, 5.74) is 4.06. The van der Waals surface area contributed by atoms with E-state index in [1.54, 1.807) is 0 Å². The van der Waals surface area contributed by atoms with E-state index < -0.39 is 11.5 Å². The van der Waals surface area contributed by atoms with Crippen molar-refractivity contribution in [3.63, 3.8) is 0 Å². The zero-order valence-electron chi connectivity index (χ0n) is 16.6. The maximum Gasteiger partial charge on any atom is 0.331 e. The third-order valence-corrected chi connectivity index (χ3v) is 5.40. The van der Waals surface area contributed by atoms with E-state index in [0.717, 1.165) is 17.0 Å². The summed E-state index contributed by atoms with van der Waals surface area (Å²) in [4.78, 5) is 23.9. The van der Waals surface area contributed by atoms with Gasteiger partial charge in [0.15, 0.2) is 5.54 Å². The first kappa shape index (κ1) is 20.1. The number of rotatable bonds is 7. The predicted molar refractivity (Wildman–Crippen MR) is 104 cm³/mol. The van der Waals surface area contributed by atoms with Gasteiger partial charge in [-0.2, -0.15) is 5.10 Å². The lowest BCUT2D eigenvalue weighted by Crippen LogP contribution is -2.55. The molecule has 150 valence electrons. The Hall–Kier alpha value is -2.67. The second-order valence-corrected chi connectivity index (χ2v) is 7.53. The topological polar surface area (TPSA) is 93.5 Å². The first-order valence-corrected chi connectivity index (χ1v) is 9.51. The zero-order valence-corrected chi connectivity index (χ0v) is 16.6. The highest BCUT2D eigenvalue weighted by molar-refractivity contribution is 5.87. The number of aromatic nitrogens is 2. The number of carboxylic acids is 1. The lowest BCUT2D eigenvalue weighted by molar-refractivity contribution is -0.147. The number of carbonyl (C=O) groups excluding carboxylic acids is 1. The molecule has 1 fully saturated rings. The summed E-state index contributed by atoms with van der Waals surface area (Å²) in [6, 6.07) is 8.34. The average Bonchev–Trinajstić information content (AvgIpc) is 3.22. The Kier molecular flexibility index (Phi) is 5.84. The predicted octanol–water partition coefficient (Wildman–Crippen LogP) is 2.15. The van der Waals surface area contributed by atoms with Crippen molar-refractivity contribution in [2.75, 3.05) is 13.2 Å². The van der Waals surface area contributed by atoms with Gasteiger partial charge in [-0.3, -0.25) is 9.48 Å². The molecular weight excluding hydrogens is 358 g/mol. The summed E-state index contributed by atoms with van der Waals surface area (Å²) in [5, 5.41) is 16.7. The van der Waals surface area contributed by atoms with Crippen molar-refractivity contribution in [3.05, 3.63) is 52.3 Å². The third kappa shape index (κ3) is 4.25. The number of carbonyl (C=O) groups is 2.